The lowest BCUT2D eigenvalue weighted by atomic mass is 10.3. The molecule has 0 aromatic heterocycles. The van der Waals surface area contributed by atoms with E-state index in [1.165, 1.54) is 4.90 Å². The van der Waals surface area contributed by atoms with Gasteiger partial charge >= 0.3 is 0 Å². The van der Waals surface area contributed by atoms with Gasteiger partial charge in [0.05, 0.1) is 33.3 Å². The van der Waals surface area contributed by atoms with Crippen LogP contribution < -0.4 is 19.7 Å². The van der Waals surface area contributed by atoms with Crippen LogP contribution in [0, 0.1) is 0 Å². The molecule has 0 unspecified atom stereocenters. The molecule has 1 aliphatic rings. The molecule has 1 saturated heterocycles. The first-order chi connectivity index (χ1) is 13.1. The third kappa shape index (κ3) is 5.99. The van der Waals surface area contributed by atoms with E-state index in [9.17, 15) is 0 Å². The molecule has 1 fully saturated rings. The Morgan fingerprint density at radius 1 is 1.07 bits per heavy atom. The summed E-state index contributed by atoms with van der Waals surface area (Å²) in [7, 11) is 1.66. The average molecular weight is 407 g/mol. The number of anilines is 1. The molecular formula is C20H25ClN3O2S+. The van der Waals surface area contributed by atoms with Gasteiger partial charge in [0.25, 0.3) is 0 Å². The lowest BCUT2D eigenvalue weighted by molar-refractivity contribution is -0.903. The number of hydrogen-bond donors (Lipinski definition) is 2. The number of halogens is 1. The van der Waals surface area contributed by atoms with Crippen molar-refractivity contribution in [1.29, 1.82) is 0 Å². The molecule has 1 aliphatic heterocycles. The number of rotatable bonds is 6. The predicted molar refractivity (Wildman–Crippen MR) is 113 cm³/mol. The molecule has 0 bridgehead atoms. The van der Waals surface area contributed by atoms with Gasteiger partial charge in [-0.05, 0) is 60.7 Å². The first kappa shape index (κ1) is 19.7. The third-order valence-electron chi connectivity index (χ3n) is 4.64. The van der Waals surface area contributed by atoms with Crippen molar-refractivity contribution in [2.75, 3.05) is 51.8 Å². The Morgan fingerprint density at radius 3 is 2.33 bits per heavy atom. The molecule has 3 rings (SSSR count). The summed E-state index contributed by atoms with van der Waals surface area (Å²) in [5, 5.41) is 4.77. The summed E-state index contributed by atoms with van der Waals surface area (Å²) in [5.41, 5.74) is 0.965. The number of nitrogens with one attached hydrogen (secondary N) is 2. The molecule has 2 aromatic rings. The fraction of sp³-hybridized carbons (Fsp3) is 0.350. The smallest absolute Gasteiger partial charge is 0.173 e. The SMILES string of the molecule is COc1ccc(OCC[NH+]2CCN(C(=S)Nc3ccc(Cl)cc3)CC2)cc1. The molecule has 1 heterocycles. The minimum absolute atomic E-state index is 0.704. The second kappa shape index (κ2) is 9.78. The van der Waals surface area contributed by atoms with E-state index in [4.69, 9.17) is 33.3 Å². The number of piperazine rings is 1. The summed E-state index contributed by atoms with van der Waals surface area (Å²) >= 11 is 11.5. The summed E-state index contributed by atoms with van der Waals surface area (Å²) in [4.78, 5) is 3.76. The standard InChI is InChI=1S/C20H24ClN3O2S/c1-25-18-6-8-19(9-7-18)26-15-14-23-10-12-24(13-11-23)20(27)22-17-4-2-16(21)3-5-17/h2-9H,10-15H2,1H3,(H,22,27)/p+1. The van der Waals surface area contributed by atoms with Crippen LogP contribution in [0.3, 0.4) is 0 Å². The van der Waals surface area contributed by atoms with Gasteiger partial charge in [0.1, 0.15) is 24.7 Å². The van der Waals surface area contributed by atoms with Gasteiger partial charge in [-0.15, -0.1) is 0 Å². The van der Waals surface area contributed by atoms with Gasteiger partial charge in [-0.1, -0.05) is 11.6 Å². The number of hydrogen-bond acceptors (Lipinski definition) is 3. The fourth-order valence-corrected chi connectivity index (χ4v) is 3.42. The largest absolute Gasteiger partial charge is 0.497 e. The Morgan fingerprint density at radius 2 is 1.70 bits per heavy atom. The molecule has 2 N–H and O–H groups in total. The summed E-state index contributed by atoms with van der Waals surface area (Å²) in [6.45, 7) is 5.67. The summed E-state index contributed by atoms with van der Waals surface area (Å²) in [6, 6.07) is 15.3. The number of ether oxygens (including phenoxy) is 2. The monoisotopic (exact) mass is 406 g/mol. The van der Waals surface area contributed by atoms with E-state index in [1.807, 2.05) is 48.5 Å². The van der Waals surface area contributed by atoms with Gasteiger partial charge in [-0.3, -0.25) is 0 Å². The topological polar surface area (TPSA) is 38.2 Å². The van der Waals surface area contributed by atoms with E-state index in [0.29, 0.717) is 6.61 Å². The van der Waals surface area contributed by atoms with E-state index < -0.39 is 0 Å². The Bertz CT molecular complexity index is 732. The fourth-order valence-electron chi connectivity index (χ4n) is 3.00. The maximum atomic E-state index is 5.92. The van der Waals surface area contributed by atoms with Gasteiger partial charge in [-0.2, -0.15) is 0 Å². The molecule has 0 radical (unpaired) electrons. The molecule has 5 nitrogen and oxygen atoms in total. The van der Waals surface area contributed by atoms with Gasteiger partial charge < -0.3 is 24.6 Å². The van der Waals surface area contributed by atoms with Crippen LogP contribution in [0.15, 0.2) is 48.5 Å². The summed E-state index contributed by atoms with van der Waals surface area (Å²) in [5.74, 6) is 1.72. The van der Waals surface area contributed by atoms with Gasteiger partial charge in [0.15, 0.2) is 5.11 Å². The zero-order chi connectivity index (χ0) is 19.1. The van der Waals surface area contributed by atoms with Crippen molar-refractivity contribution in [1.82, 2.24) is 4.90 Å². The van der Waals surface area contributed by atoms with Crippen molar-refractivity contribution >= 4 is 34.6 Å². The van der Waals surface area contributed by atoms with Crippen LogP contribution in [0.2, 0.25) is 5.02 Å². The van der Waals surface area contributed by atoms with Crippen LogP contribution in [0.4, 0.5) is 5.69 Å². The minimum Gasteiger partial charge on any atom is -0.497 e. The highest BCUT2D eigenvalue weighted by molar-refractivity contribution is 7.80. The van der Waals surface area contributed by atoms with Crippen molar-refractivity contribution in [3.63, 3.8) is 0 Å². The zero-order valence-electron chi connectivity index (χ0n) is 15.4. The van der Waals surface area contributed by atoms with E-state index >= 15 is 0 Å². The number of quaternary nitrogens is 1. The molecule has 2 aromatic carbocycles. The van der Waals surface area contributed by atoms with E-state index in [1.54, 1.807) is 7.11 Å². The van der Waals surface area contributed by atoms with E-state index in [2.05, 4.69) is 10.2 Å². The Hall–Kier alpha value is -2.02. The van der Waals surface area contributed by atoms with Crippen molar-refractivity contribution in [3.8, 4) is 11.5 Å². The van der Waals surface area contributed by atoms with Crippen molar-refractivity contribution in [2.45, 2.75) is 0 Å². The number of methoxy groups -OCH3 is 1. The minimum atomic E-state index is 0.704. The van der Waals surface area contributed by atoms with Crippen LogP contribution >= 0.6 is 23.8 Å². The normalized spacial score (nSPS) is 14.7. The van der Waals surface area contributed by atoms with E-state index in [0.717, 1.165) is 60.0 Å². The Kier molecular flexibility index (Phi) is 7.15. The van der Waals surface area contributed by atoms with Crippen LogP contribution in [-0.2, 0) is 0 Å². The molecule has 27 heavy (non-hydrogen) atoms. The lowest BCUT2D eigenvalue weighted by Gasteiger charge is -2.33. The maximum Gasteiger partial charge on any atom is 0.173 e. The Labute approximate surface area is 170 Å². The highest BCUT2D eigenvalue weighted by Gasteiger charge is 2.21. The zero-order valence-corrected chi connectivity index (χ0v) is 17.0. The highest BCUT2D eigenvalue weighted by atomic mass is 35.5. The second-order valence-electron chi connectivity index (χ2n) is 6.45. The number of benzene rings is 2. The van der Waals surface area contributed by atoms with Gasteiger partial charge in [0.2, 0.25) is 0 Å². The van der Waals surface area contributed by atoms with Crippen LogP contribution in [0.1, 0.15) is 0 Å². The summed E-state index contributed by atoms with van der Waals surface area (Å²) < 4.78 is 11.0. The van der Waals surface area contributed by atoms with Crippen LogP contribution in [0.5, 0.6) is 11.5 Å². The molecular weight excluding hydrogens is 382 g/mol. The molecule has 0 saturated carbocycles. The number of nitrogens with zero attached hydrogens (tertiary/aromatic N) is 1. The van der Waals surface area contributed by atoms with Gasteiger partial charge in [-0.25, -0.2) is 0 Å². The molecule has 7 heteroatoms. The third-order valence-corrected chi connectivity index (χ3v) is 5.25. The predicted octanol–water partition coefficient (Wildman–Crippen LogP) is 2.32. The quantitative estimate of drug-likeness (QED) is 0.720. The number of thiocarbonyl (C=S) groups is 1. The second-order valence-corrected chi connectivity index (χ2v) is 7.27. The molecule has 0 spiro atoms. The van der Waals surface area contributed by atoms with Crippen molar-refractivity contribution in [2.24, 2.45) is 0 Å². The molecule has 0 aliphatic carbocycles. The maximum absolute atomic E-state index is 5.92. The molecule has 0 amide bonds. The van der Waals surface area contributed by atoms with Crippen LogP contribution in [0.25, 0.3) is 0 Å². The lowest BCUT2D eigenvalue weighted by Crippen LogP contribution is -3.15. The molecule has 144 valence electrons. The van der Waals surface area contributed by atoms with Crippen molar-refractivity contribution < 1.29 is 14.4 Å². The highest BCUT2D eigenvalue weighted by Crippen LogP contribution is 2.16. The van der Waals surface area contributed by atoms with Gasteiger partial charge in [0, 0.05) is 10.7 Å². The summed E-state index contributed by atoms with van der Waals surface area (Å²) in [6.07, 6.45) is 0. The first-order valence-electron chi connectivity index (χ1n) is 9.06. The van der Waals surface area contributed by atoms with Crippen LogP contribution in [-0.4, -0.2) is 56.5 Å². The Balaban J connectivity index is 1.36. The average Bonchev–Trinajstić information content (AvgIpc) is 2.71. The van der Waals surface area contributed by atoms with E-state index in [-0.39, 0.29) is 0 Å². The van der Waals surface area contributed by atoms with Crippen molar-refractivity contribution in [3.05, 3.63) is 53.6 Å². The molecule has 0 atom stereocenters. The first-order valence-corrected chi connectivity index (χ1v) is 9.84.